The molecule has 0 bridgehead atoms. The molecule has 1 heterocycles. The van der Waals surface area contributed by atoms with Gasteiger partial charge in [0.2, 0.25) is 0 Å². The number of aliphatic imine (C=N–C) groups is 2. The van der Waals surface area contributed by atoms with Gasteiger partial charge in [-0.1, -0.05) is 94.8 Å². The molecule has 4 heteroatoms. The number of fused-ring (bicyclic) bond motifs is 3. The number of rotatable bonds is 7. The molecular weight excluding hydrogens is 464 g/mol. The molecule has 1 aromatic heterocycles. The molecule has 0 atom stereocenters. The van der Waals surface area contributed by atoms with E-state index < -0.39 is 0 Å². The second-order valence-corrected chi connectivity index (χ2v) is 10.7. The molecule has 0 unspecified atom stereocenters. The van der Waals surface area contributed by atoms with E-state index in [-0.39, 0.29) is 5.41 Å². The van der Waals surface area contributed by atoms with Crippen molar-refractivity contribution in [1.82, 2.24) is 10.2 Å². The predicted molar refractivity (Wildman–Crippen MR) is 162 cm³/mol. The van der Waals surface area contributed by atoms with E-state index >= 15 is 0 Å². The smallest absolute Gasteiger partial charge is 0.103 e. The van der Waals surface area contributed by atoms with Gasteiger partial charge in [0.15, 0.2) is 0 Å². The summed E-state index contributed by atoms with van der Waals surface area (Å²) < 4.78 is 0. The monoisotopic (exact) mass is 498 g/mol. The molecule has 0 aliphatic heterocycles. The molecule has 0 fully saturated rings. The van der Waals surface area contributed by atoms with Crippen molar-refractivity contribution in [1.29, 1.82) is 0 Å². The maximum absolute atomic E-state index is 4.83. The molecular formula is C34H34N4. The van der Waals surface area contributed by atoms with Crippen LogP contribution in [0.5, 0.6) is 0 Å². The first-order valence-corrected chi connectivity index (χ1v) is 13.4. The maximum atomic E-state index is 4.83. The topological polar surface area (TPSA) is 50.5 Å². The summed E-state index contributed by atoms with van der Waals surface area (Å²) in [5, 5.41) is 11.8. The second-order valence-electron chi connectivity index (χ2n) is 10.7. The molecule has 0 saturated heterocycles. The molecule has 4 aromatic carbocycles. The highest BCUT2D eigenvalue weighted by Crippen LogP contribution is 2.34. The Labute approximate surface area is 225 Å². The number of aryl methyl sites for hydroxylation is 1. The third kappa shape index (κ3) is 5.40. The number of nitrogens with zero attached hydrogens (tertiary/aromatic N) is 4. The van der Waals surface area contributed by atoms with E-state index in [1.54, 1.807) is 0 Å². The molecule has 0 aliphatic rings. The van der Waals surface area contributed by atoms with Gasteiger partial charge in [0.1, 0.15) is 11.0 Å². The third-order valence-electron chi connectivity index (χ3n) is 6.87. The van der Waals surface area contributed by atoms with Crippen LogP contribution >= 0.6 is 0 Å². The molecule has 0 saturated carbocycles. The first kappa shape index (κ1) is 25.5. The first-order valence-electron chi connectivity index (χ1n) is 13.4. The van der Waals surface area contributed by atoms with Gasteiger partial charge in [-0.3, -0.25) is 9.98 Å². The van der Waals surface area contributed by atoms with Crippen LogP contribution in [-0.4, -0.2) is 22.6 Å². The van der Waals surface area contributed by atoms with Crippen molar-refractivity contribution in [3.8, 4) is 0 Å². The summed E-state index contributed by atoms with van der Waals surface area (Å²) in [6, 6.07) is 28.9. The van der Waals surface area contributed by atoms with Crippen LogP contribution in [0.25, 0.3) is 21.8 Å². The lowest BCUT2D eigenvalue weighted by molar-refractivity contribution is 0.590. The standard InChI is InChI=1S/C34H34N4/c1-5-6-13-24-18-19-27-28-20-21-31(34(2,3)4)30(23-36-26-16-11-8-12-17-26)33(28)38-37-32(27)29(24)22-35-25-14-9-7-10-15-25/h7-12,14-23H,5-6,13H2,1-4H3/b35-22+,36-23+. The highest BCUT2D eigenvalue weighted by molar-refractivity contribution is 6.13. The fourth-order valence-electron chi connectivity index (χ4n) is 4.83. The van der Waals surface area contributed by atoms with Crippen LogP contribution in [0, 0.1) is 0 Å². The average molecular weight is 499 g/mol. The van der Waals surface area contributed by atoms with E-state index in [0.717, 1.165) is 63.6 Å². The molecule has 0 radical (unpaired) electrons. The Kier molecular flexibility index (Phi) is 7.41. The molecule has 0 spiro atoms. The van der Waals surface area contributed by atoms with Crippen molar-refractivity contribution in [3.63, 3.8) is 0 Å². The van der Waals surface area contributed by atoms with Crippen LogP contribution in [0.1, 0.15) is 62.8 Å². The highest BCUT2D eigenvalue weighted by Gasteiger charge is 2.21. The number of unbranched alkanes of at least 4 members (excludes halogenated alkanes) is 1. The SMILES string of the molecule is CCCCc1ccc2c(nnc3c(/C=N/c4ccccc4)c(C(C)(C)C)ccc32)c1/C=N/c1ccccc1. The van der Waals surface area contributed by atoms with E-state index in [0.29, 0.717) is 0 Å². The van der Waals surface area contributed by atoms with E-state index in [4.69, 9.17) is 20.2 Å². The van der Waals surface area contributed by atoms with Crippen LogP contribution in [-0.2, 0) is 11.8 Å². The Hall–Kier alpha value is -4.18. The Morgan fingerprint density at radius 1 is 0.658 bits per heavy atom. The Morgan fingerprint density at radius 3 is 1.74 bits per heavy atom. The lowest BCUT2D eigenvalue weighted by Crippen LogP contribution is -2.15. The summed E-state index contributed by atoms with van der Waals surface area (Å²) >= 11 is 0. The predicted octanol–water partition coefficient (Wildman–Crippen LogP) is 8.92. The minimum Gasteiger partial charge on any atom is -0.256 e. The van der Waals surface area contributed by atoms with Gasteiger partial charge in [0, 0.05) is 34.3 Å². The van der Waals surface area contributed by atoms with Gasteiger partial charge in [-0.25, -0.2) is 0 Å². The van der Waals surface area contributed by atoms with Crippen molar-refractivity contribution >= 4 is 45.6 Å². The second kappa shape index (κ2) is 11.1. The number of para-hydroxylation sites is 2. The lowest BCUT2D eigenvalue weighted by atomic mass is 9.82. The van der Waals surface area contributed by atoms with Crippen molar-refractivity contribution in [2.24, 2.45) is 9.98 Å². The number of hydrogen-bond donors (Lipinski definition) is 0. The third-order valence-corrected chi connectivity index (χ3v) is 6.87. The van der Waals surface area contributed by atoms with E-state index in [1.807, 2.05) is 73.1 Å². The molecule has 5 aromatic rings. The number of benzene rings is 4. The van der Waals surface area contributed by atoms with Gasteiger partial charge in [0.05, 0.1) is 11.4 Å². The summed E-state index contributed by atoms with van der Waals surface area (Å²) in [5.74, 6) is 0. The van der Waals surface area contributed by atoms with Gasteiger partial charge in [0.25, 0.3) is 0 Å². The van der Waals surface area contributed by atoms with E-state index in [9.17, 15) is 0 Å². The summed E-state index contributed by atoms with van der Waals surface area (Å²) in [4.78, 5) is 9.58. The summed E-state index contributed by atoms with van der Waals surface area (Å²) in [5.41, 5.74) is 8.05. The molecule has 190 valence electrons. The first-order chi connectivity index (χ1) is 18.5. The largest absolute Gasteiger partial charge is 0.256 e. The fraction of sp³-hybridized carbons (Fsp3) is 0.235. The average Bonchev–Trinajstić information content (AvgIpc) is 2.93. The zero-order valence-corrected chi connectivity index (χ0v) is 22.6. The zero-order chi connectivity index (χ0) is 26.5. The van der Waals surface area contributed by atoms with Crippen LogP contribution in [0.2, 0.25) is 0 Å². The van der Waals surface area contributed by atoms with Gasteiger partial charge in [-0.05, 0) is 53.6 Å². The minimum atomic E-state index is -0.0691. The summed E-state index contributed by atoms with van der Waals surface area (Å²) in [6.07, 6.45) is 7.15. The highest BCUT2D eigenvalue weighted by atomic mass is 15.1. The lowest BCUT2D eigenvalue weighted by Gasteiger charge is -2.22. The van der Waals surface area contributed by atoms with E-state index in [2.05, 4.69) is 52.0 Å². The Balaban J connectivity index is 1.72. The fourth-order valence-corrected chi connectivity index (χ4v) is 4.83. The van der Waals surface area contributed by atoms with Crippen LogP contribution < -0.4 is 0 Å². The summed E-state index contributed by atoms with van der Waals surface area (Å²) in [6.45, 7) is 8.89. The Bertz CT molecular complexity index is 1610. The molecule has 38 heavy (non-hydrogen) atoms. The summed E-state index contributed by atoms with van der Waals surface area (Å²) in [7, 11) is 0. The normalized spacial score (nSPS) is 12.3. The minimum absolute atomic E-state index is 0.0691. The van der Waals surface area contributed by atoms with Gasteiger partial charge < -0.3 is 0 Å². The Morgan fingerprint density at radius 2 is 1.18 bits per heavy atom. The van der Waals surface area contributed by atoms with Crippen molar-refractivity contribution in [3.05, 3.63) is 107 Å². The van der Waals surface area contributed by atoms with Crippen LogP contribution in [0.3, 0.4) is 0 Å². The van der Waals surface area contributed by atoms with Gasteiger partial charge in [-0.15, -0.1) is 10.2 Å². The molecule has 0 N–H and O–H groups in total. The van der Waals surface area contributed by atoms with Gasteiger partial charge in [-0.2, -0.15) is 0 Å². The molecule has 4 nitrogen and oxygen atoms in total. The van der Waals surface area contributed by atoms with Crippen molar-refractivity contribution in [2.45, 2.75) is 52.4 Å². The molecule has 5 rings (SSSR count). The van der Waals surface area contributed by atoms with E-state index in [1.165, 1.54) is 11.1 Å². The van der Waals surface area contributed by atoms with Crippen molar-refractivity contribution < 1.29 is 0 Å². The molecule has 0 aliphatic carbocycles. The number of hydrogen-bond acceptors (Lipinski definition) is 4. The quantitative estimate of drug-likeness (QED) is 0.166. The number of aromatic nitrogens is 2. The molecule has 0 amide bonds. The van der Waals surface area contributed by atoms with Crippen LogP contribution in [0.4, 0.5) is 11.4 Å². The zero-order valence-electron chi connectivity index (χ0n) is 22.6. The van der Waals surface area contributed by atoms with Crippen LogP contribution in [0.15, 0.2) is 94.9 Å². The van der Waals surface area contributed by atoms with Gasteiger partial charge >= 0.3 is 0 Å². The van der Waals surface area contributed by atoms with Crippen molar-refractivity contribution in [2.75, 3.05) is 0 Å². The maximum Gasteiger partial charge on any atom is 0.103 e.